The molecule has 1 aliphatic rings. The quantitative estimate of drug-likeness (QED) is 0.739. The van der Waals surface area contributed by atoms with E-state index in [9.17, 15) is 9.59 Å². The summed E-state index contributed by atoms with van der Waals surface area (Å²) < 4.78 is 4.74. The Hall–Kier alpha value is -3.41. The van der Waals surface area contributed by atoms with Crippen molar-refractivity contribution in [3.05, 3.63) is 71.4 Å². The Bertz CT molecular complexity index is 1020. The van der Waals surface area contributed by atoms with Crippen molar-refractivity contribution in [2.45, 2.75) is 0 Å². The molecule has 3 aromatic rings. The molecule has 0 aliphatic carbocycles. The molecule has 6 nitrogen and oxygen atoms in total. The number of carbonyl (C=O) groups is 2. The Morgan fingerprint density at radius 1 is 1.15 bits per heavy atom. The number of methoxy groups -OCH3 is 1. The van der Waals surface area contributed by atoms with Gasteiger partial charge in [0.25, 0.3) is 5.91 Å². The van der Waals surface area contributed by atoms with Gasteiger partial charge in [-0.3, -0.25) is 9.89 Å². The van der Waals surface area contributed by atoms with Crippen molar-refractivity contribution < 1.29 is 14.3 Å². The summed E-state index contributed by atoms with van der Waals surface area (Å²) >= 11 is 0. The number of ether oxygens (including phenoxy) is 1. The molecule has 1 aliphatic heterocycles. The van der Waals surface area contributed by atoms with Crippen LogP contribution in [0, 0.1) is 0 Å². The lowest BCUT2D eigenvalue weighted by molar-refractivity contribution is 0.0595. The molecule has 6 heteroatoms. The number of benzene rings is 2. The molecule has 0 spiro atoms. The third-order valence-electron chi connectivity index (χ3n) is 4.54. The maximum Gasteiger partial charge on any atom is 0.359 e. The Balaban J connectivity index is 1.58. The van der Waals surface area contributed by atoms with E-state index in [0.29, 0.717) is 29.6 Å². The highest BCUT2D eigenvalue weighted by Crippen LogP contribution is 2.24. The highest BCUT2D eigenvalue weighted by atomic mass is 16.5. The molecule has 0 saturated carbocycles. The first kappa shape index (κ1) is 16.1. The maximum atomic E-state index is 12.9. The minimum Gasteiger partial charge on any atom is -0.464 e. The molecule has 130 valence electrons. The number of nitrogens with one attached hydrogen (secondary N) is 1. The van der Waals surface area contributed by atoms with Crippen LogP contribution in [0.5, 0.6) is 0 Å². The van der Waals surface area contributed by atoms with E-state index in [1.54, 1.807) is 23.1 Å². The second kappa shape index (κ2) is 6.48. The predicted molar refractivity (Wildman–Crippen MR) is 97.8 cm³/mol. The Morgan fingerprint density at radius 3 is 2.73 bits per heavy atom. The number of aromatic nitrogens is 2. The van der Waals surface area contributed by atoms with Crippen molar-refractivity contribution in [1.29, 1.82) is 0 Å². The van der Waals surface area contributed by atoms with Gasteiger partial charge in [0.2, 0.25) is 0 Å². The van der Waals surface area contributed by atoms with E-state index >= 15 is 0 Å². The number of amides is 1. The van der Waals surface area contributed by atoms with Crippen molar-refractivity contribution in [1.82, 2.24) is 15.1 Å². The third-order valence-corrected chi connectivity index (χ3v) is 4.54. The average molecular weight is 347 g/mol. The molecule has 0 saturated heterocycles. The summed E-state index contributed by atoms with van der Waals surface area (Å²) in [5.74, 6) is -0.610. The van der Waals surface area contributed by atoms with Gasteiger partial charge in [-0.15, -0.1) is 0 Å². The van der Waals surface area contributed by atoms with Gasteiger partial charge >= 0.3 is 5.97 Å². The van der Waals surface area contributed by atoms with E-state index in [1.165, 1.54) is 7.11 Å². The van der Waals surface area contributed by atoms with Crippen molar-refractivity contribution in [2.75, 3.05) is 20.2 Å². The van der Waals surface area contributed by atoms with Gasteiger partial charge in [0.15, 0.2) is 5.69 Å². The maximum absolute atomic E-state index is 12.9. The highest BCUT2D eigenvalue weighted by Gasteiger charge is 2.23. The Morgan fingerprint density at radius 2 is 1.96 bits per heavy atom. The Kier molecular flexibility index (Phi) is 4.01. The molecule has 0 radical (unpaired) electrons. The number of carbonyl (C=O) groups excluding carboxylic acids is 2. The lowest BCUT2D eigenvalue weighted by Gasteiger charge is -2.16. The smallest absolute Gasteiger partial charge is 0.359 e. The summed E-state index contributed by atoms with van der Waals surface area (Å²) in [7, 11) is 1.30. The monoisotopic (exact) mass is 347 g/mol. The van der Waals surface area contributed by atoms with E-state index < -0.39 is 5.97 Å². The number of fused-ring (bicyclic) bond motifs is 1. The van der Waals surface area contributed by atoms with Gasteiger partial charge in [0.1, 0.15) is 0 Å². The lowest BCUT2D eigenvalue weighted by atomic mass is 10.1. The zero-order valence-electron chi connectivity index (χ0n) is 14.2. The van der Waals surface area contributed by atoms with Gasteiger partial charge in [0.05, 0.1) is 12.6 Å². The molecule has 2 heterocycles. The van der Waals surface area contributed by atoms with Gasteiger partial charge in [-0.05, 0) is 29.3 Å². The van der Waals surface area contributed by atoms with Crippen LogP contribution in [-0.2, 0) is 4.74 Å². The van der Waals surface area contributed by atoms with Crippen LogP contribution in [0.1, 0.15) is 26.4 Å². The summed E-state index contributed by atoms with van der Waals surface area (Å²) in [6, 6.07) is 15.2. The van der Waals surface area contributed by atoms with Gasteiger partial charge in [0, 0.05) is 24.0 Å². The molecule has 26 heavy (non-hydrogen) atoms. The standard InChI is InChI=1S/C20H17N3O3/c1-26-20(25)18-16-11-14(7-8-17(16)21-22-18)19(24)23-10-9-15(12-23)13-5-3-2-4-6-13/h2-9,11H,10,12H2,1H3,(H,21,22). The van der Waals surface area contributed by atoms with Crippen LogP contribution in [-0.4, -0.2) is 47.2 Å². The fourth-order valence-corrected chi connectivity index (χ4v) is 3.15. The van der Waals surface area contributed by atoms with Crippen LogP contribution in [0.4, 0.5) is 0 Å². The summed E-state index contributed by atoms with van der Waals surface area (Å²) in [5, 5.41) is 7.34. The van der Waals surface area contributed by atoms with Crippen LogP contribution in [0.2, 0.25) is 0 Å². The molecule has 2 aromatic carbocycles. The van der Waals surface area contributed by atoms with Crippen molar-refractivity contribution in [3.8, 4) is 0 Å². The SMILES string of the molecule is COC(=O)c1n[nH]c2ccc(C(=O)N3CC=C(c4ccccc4)C3)cc12. The molecule has 4 rings (SSSR count). The van der Waals surface area contributed by atoms with E-state index in [4.69, 9.17) is 4.74 Å². The number of nitrogens with zero attached hydrogens (tertiary/aromatic N) is 2. The van der Waals surface area contributed by atoms with Gasteiger partial charge < -0.3 is 9.64 Å². The molecule has 1 N–H and O–H groups in total. The number of H-pyrrole nitrogens is 1. The van der Waals surface area contributed by atoms with Crippen LogP contribution >= 0.6 is 0 Å². The van der Waals surface area contributed by atoms with Crippen LogP contribution in [0.25, 0.3) is 16.5 Å². The van der Waals surface area contributed by atoms with E-state index in [2.05, 4.69) is 16.3 Å². The zero-order chi connectivity index (χ0) is 18.1. The minimum atomic E-state index is -0.532. The number of hydrogen-bond acceptors (Lipinski definition) is 4. The number of rotatable bonds is 3. The Labute approximate surface area is 150 Å². The molecule has 0 unspecified atom stereocenters. The van der Waals surface area contributed by atoms with Gasteiger partial charge in [-0.25, -0.2) is 4.79 Å². The highest BCUT2D eigenvalue weighted by molar-refractivity contribution is 6.05. The fourth-order valence-electron chi connectivity index (χ4n) is 3.15. The van der Waals surface area contributed by atoms with Crippen molar-refractivity contribution in [2.24, 2.45) is 0 Å². The van der Waals surface area contributed by atoms with Gasteiger partial charge in [-0.1, -0.05) is 36.4 Å². The third kappa shape index (κ3) is 2.75. The number of aromatic amines is 1. The first-order valence-electron chi connectivity index (χ1n) is 8.27. The predicted octanol–water partition coefficient (Wildman–Crippen LogP) is 2.89. The molecule has 0 bridgehead atoms. The summed E-state index contributed by atoms with van der Waals surface area (Å²) in [6.45, 7) is 1.13. The molecule has 1 aromatic heterocycles. The molecular formula is C20H17N3O3. The minimum absolute atomic E-state index is 0.0777. The molecule has 0 atom stereocenters. The molecule has 1 amide bonds. The van der Waals surface area contributed by atoms with Crippen LogP contribution in [0.3, 0.4) is 0 Å². The average Bonchev–Trinajstić information content (AvgIpc) is 3.34. The largest absolute Gasteiger partial charge is 0.464 e. The summed E-state index contributed by atoms with van der Waals surface area (Å²) in [4.78, 5) is 26.5. The second-order valence-corrected chi connectivity index (χ2v) is 6.11. The molecule has 0 fully saturated rings. The van der Waals surface area contributed by atoms with E-state index in [-0.39, 0.29) is 11.6 Å². The summed E-state index contributed by atoms with van der Waals surface area (Å²) in [5.41, 5.74) is 3.65. The second-order valence-electron chi connectivity index (χ2n) is 6.11. The summed E-state index contributed by atoms with van der Waals surface area (Å²) in [6.07, 6.45) is 2.07. The van der Waals surface area contributed by atoms with Gasteiger partial charge in [-0.2, -0.15) is 5.10 Å². The van der Waals surface area contributed by atoms with Crippen molar-refractivity contribution >= 4 is 28.4 Å². The van der Waals surface area contributed by atoms with Crippen molar-refractivity contribution in [3.63, 3.8) is 0 Å². The topological polar surface area (TPSA) is 75.3 Å². The van der Waals surface area contributed by atoms with Crippen LogP contribution in [0.15, 0.2) is 54.6 Å². The number of esters is 1. The number of hydrogen-bond donors (Lipinski definition) is 1. The van der Waals surface area contributed by atoms with E-state index in [0.717, 1.165) is 11.1 Å². The van der Waals surface area contributed by atoms with E-state index in [1.807, 2.05) is 30.3 Å². The first-order chi connectivity index (χ1) is 12.7. The normalized spacial score (nSPS) is 13.7. The zero-order valence-corrected chi connectivity index (χ0v) is 14.2. The molecular weight excluding hydrogens is 330 g/mol. The van der Waals surface area contributed by atoms with Crippen LogP contribution < -0.4 is 0 Å². The lowest BCUT2D eigenvalue weighted by Crippen LogP contribution is -2.28. The first-order valence-corrected chi connectivity index (χ1v) is 8.27. The fraction of sp³-hybridized carbons (Fsp3) is 0.150.